The number of rotatable bonds is 4. The topological polar surface area (TPSA) is 21.3 Å². The first kappa shape index (κ1) is 17.7. The van der Waals surface area contributed by atoms with Crippen molar-refractivity contribution in [2.45, 2.75) is 51.7 Å². The van der Waals surface area contributed by atoms with Gasteiger partial charge in [0.25, 0.3) is 0 Å². The van der Waals surface area contributed by atoms with Crippen molar-refractivity contribution >= 4 is 27.2 Å². The van der Waals surface area contributed by atoms with Crippen molar-refractivity contribution in [2.75, 3.05) is 10.6 Å². The van der Waals surface area contributed by atoms with E-state index in [1.165, 1.54) is 39.9 Å². The third kappa shape index (κ3) is 3.07. The highest BCUT2D eigenvalue weighted by Gasteiger charge is 2.33. The molecule has 3 heteroatoms. The summed E-state index contributed by atoms with van der Waals surface area (Å²) < 4.78 is 6.50. The zero-order chi connectivity index (χ0) is 18.3. The lowest BCUT2D eigenvalue weighted by molar-refractivity contribution is 0.188. The quantitative estimate of drug-likeness (QED) is 0.433. The van der Waals surface area contributed by atoms with Crippen LogP contribution in [0.25, 0.3) is 16.7 Å². The van der Waals surface area contributed by atoms with Gasteiger partial charge in [0.15, 0.2) is 0 Å². The Morgan fingerprint density at radius 2 is 1.88 bits per heavy atom. The van der Waals surface area contributed by atoms with Gasteiger partial charge in [0.1, 0.15) is 11.9 Å². The Balaban J connectivity index is 1.88. The van der Waals surface area contributed by atoms with E-state index in [4.69, 9.17) is 4.74 Å². The average Bonchev–Trinajstić information content (AvgIpc) is 2.60. The molecule has 2 aromatic carbocycles. The van der Waals surface area contributed by atoms with Gasteiger partial charge >= 0.3 is 0 Å². The Hall–Kier alpha value is -1.74. The van der Waals surface area contributed by atoms with E-state index < -0.39 is 0 Å². The molecular weight excluding hydrogens is 386 g/mol. The normalized spacial score (nSPS) is 19.4. The summed E-state index contributed by atoms with van der Waals surface area (Å²) in [6.45, 7) is 6.67. The zero-order valence-electron chi connectivity index (χ0n) is 15.7. The summed E-state index contributed by atoms with van der Waals surface area (Å²) in [4.78, 5) is 0. The van der Waals surface area contributed by atoms with Gasteiger partial charge in [-0.25, -0.2) is 0 Å². The molecular formula is C23H26BrNO. The summed E-state index contributed by atoms with van der Waals surface area (Å²) in [6.07, 6.45) is 5.82. The van der Waals surface area contributed by atoms with E-state index >= 15 is 0 Å². The van der Waals surface area contributed by atoms with E-state index in [0.29, 0.717) is 0 Å². The molecule has 2 aliphatic heterocycles. The number of nitrogens with one attached hydrogen (secondary N) is 1. The molecule has 0 unspecified atom stereocenters. The number of halogens is 1. The van der Waals surface area contributed by atoms with Gasteiger partial charge in [0.05, 0.1) is 5.54 Å². The van der Waals surface area contributed by atoms with E-state index in [0.717, 1.165) is 23.9 Å². The van der Waals surface area contributed by atoms with Gasteiger partial charge in [-0.3, -0.25) is 0 Å². The fourth-order valence-corrected chi connectivity index (χ4v) is 4.74. The summed E-state index contributed by atoms with van der Waals surface area (Å²) in [5.41, 5.74) is 7.76. The van der Waals surface area contributed by atoms with Gasteiger partial charge in [-0.1, -0.05) is 46.3 Å². The lowest BCUT2D eigenvalue weighted by Crippen LogP contribution is -2.32. The van der Waals surface area contributed by atoms with E-state index in [1.54, 1.807) is 0 Å². The van der Waals surface area contributed by atoms with Gasteiger partial charge in [-0.2, -0.15) is 0 Å². The van der Waals surface area contributed by atoms with Crippen molar-refractivity contribution in [3.63, 3.8) is 0 Å². The molecule has 2 nitrogen and oxygen atoms in total. The first-order valence-corrected chi connectivity index (χ1v) is 10.6. The fourth-order valence-electron chi connectivity index (χ4n) is 4.35. The SMILES string of the molecule is CC1=CC(C)(C)Nc2ccc3c(c21)[C@@H](CCCCBr)Oc1ccccc1-3. The van der Waals surface area contributed by atoms with Crippen LogP contribution in [0, 0.1) is 0 Å². The van der Waals surface area contributed by atoms with Crippen LogP contribution in [-0.2, 0) is 0 Å². The van der Waals surface area contributed by atoms with Crippen molar-refractivity contribution < 1.29 is 4.74 Å². The molecule has 0 amide bonds. The summed E-state index contributed by atoms with van der Waals surface area (Å²) in [5, 5.41) is 4.74. The van der Waals surface area contributed by atoms with Crippen LogP contribution in [0.5, 0.6) is 5.75 Å². The van der Waals surface area contributed by atoms with Crippen molar-refractivity contribution in [3.8, 4) is 16.9 Å². The van der Waals surface area contributed by atoms with E-state index in [9.17, 15) is 0 Å². The number of fused-ring (bicyclic) bond motifs is 5. The third-order valence-corrected chi connectivity index (χ3v) is 5.85. The molecule has 0 aromatic heterocycles. The van der Waals surface area contributed by atoms with E-state index in [2.05, 4.69) is 84.5 Å². The van der Waals surface area contributed by atoms with Crippen LogP contribution < -0.4 is 10.1 Å². The summed E-state index contributed by atoms with van der Waals surface area (Å²) in [7, 11) is 0. The van der Waals surface area contributed by atoms with Crippen molar-refractivity contribution in [2.24, 2.45) is 0 Å². The number of benzene rings is 2. The molecule has 0 aliphatic carbocycles. The Kier molecular flexibility index (Phi) is 4.60. The van der Waals surface area contributed by atoms with Gasteiger partial charge < -0.3 is 10.1 Å². The second-order valence-corrected chi connectivity index (χ2v) is 8.70. The number of ether oxygens (including phenoxy) is 1. The Bertz CT molecular complexity index is 869. The van der Waals surface area contributed by atoms with Crippen LogP contribution in [0.15, 0.2) is 42.5 Å². The fraction of sp³-hybridized carbons (Fsp3) is 0.391. The Morgan fingerprint density at radius 1 is 1.08 bits per heavy atom. The molecule has 2 heterocycles. The predicted molar refractivity (Wildman–Crippen MR) is 114 cm³/mol. The number of para-hydroxylation sites is 1. The maximum atomic E-state index is 6.50. The van der Waals surface area contributed by atoms with Gasteiger partial charge in [0, 0.05) is 27.7 Å². The lowest BCUT2D eigenvalue weighted by Gasteiger charge is -2.37. The van der Waals surface area contributed by atoms with E-state index in [1.807, 2.05) is 0 Å². The molecule has 1 N–H and O–H groups in total. The number of allylic oxidation sites excluding steroid dienone is 1. The van der Waals surface area contributed by atoms with Crippen molar-refractivity contribution in [3.05, 3.63) is 53.6 Å². The molecule has 26 heavy (non-hydrogen) atoms. The van der Waals surface area contributed by atoms with Gasteiger partial charge in [0.2, 0.25) is 0 Å². The van der Waals surface area contributed by atoms with E-state index in [-0.39, 0.29) is 11.6 Å². The molecule has 0 fully saturated rings. The minimum Gasteiger partial charge on any atom is -0.485 e. The Labute approximate surface area is 164 Å². The van der Waals surface area contributed by atoms with Crippen LogP contribution in [0.2, 0.25) is 0 Å². The average molecular weight is 412 g/mol. The first-order chi connectivity index (χ1) is 12.5. The summed E-state index contributed by atoms with van der Waals surface area (Å²) in [5.74, 6) is 1.01. The second kappa shape index (κ2) is 6.77. The molecule has 4 rings (SSSR count). The Morgan fingerprint density at radius 3 is 2.69 bits per heavy atom. The lowest BCUT2D eigenvalue weighted by atomic mass is 9.81. The smallest absolute Gasteiger partial charge is 0.128 e. The molecule has 0 radical (unpaired) electrons. The van der Waals surface area contributed by atoms with Gasteiger partial charge in [-0.15, -0.1) is 0 Å². The van der Waals surface area contributed by atoms with Crippen molar-refractivity contribution in [1.82, 2.24) is 0 Å². The molecule has 0 saturated carbocycles. The molecule has 0 bridgehead atoms. The number of hydrogen-bond acceptors (Lipinski definition) is 2. The molecule has 0 saturated heterocycles. The molecule has 136 valence electrons. The second-order valence-electron chi connectivity index (χ2n) is 7.91. The molecule has 2 aliphatic rings. The van der Waals surface area contributed by atoms with Crippen LogP contribution >= 0.6 is 15.9 Å². The maximum Gasteiger partial charge on any atom is 0.128 e. The van der Waals surface area contributed by atoms with Crippen LogP contribution in [0.3, 0.4) is 0 Å². The van der Waals surface area contributed by atoms with Crippen LogP contribution in [0.1, 0.15) is 57.3 Å². The number of anilines is 1. The maximum absolute atomic E-state index is 6.50. The standard InChI is InChI=1S/C23H26BrNO/c1-15-14-23(2,3)25-18-12-11-17-16-8-4-5-9-19(16)26-20(10-6-7-13-24)22(17)21(15)18/h4-5,8-9,11-12,14,20,25H,6-7,10,13H2,1-3H3/t20-/m1/s1. The highest BCUT2D eigenvalue weighted by Crippen LogP contribution is 2.50. The highest BCUT2D eigenvalue weighted by atomic mass is 79.9. The largest absolute Gasteiger partial charge is 0.485 e. The predicted octanol–water partition coefficient (Wildman–Crippen LogP) is 6.96. The third-order valence-electron chi connectivity index (χ3n) is 5.29. The molecule has 1 atom stereocenters. The summed E-state index contributed by atoms with van der Waals surface area (Å²) >= 11 is 3.55. The minimum atomic E-state index is -0.0236. The van der Waals surface area contributed by atoms with Crippen LogP contribution in [-0.4, -0.2) is 10.9 Å². The monoisotopic (exact) mass is 411 g/mol. The number of hydrogen-bond donors (Lipinski definition) is 1. The first-order valence-electron chi connectivity index (χ1n) is 9.47. The zero-order valence-corrected chi connectivity index (χ0v) is 17.3. The van der Waals surface area contributed by atoms with Gasteiger partial charge in [-0.05, 0) is 63.3 Å². The highest BCUT2D eigenvalue weighted by molar-refractivity contribution is 9.09. The van der Waals surface area contributed by atoms with Crippen molar-refractivity contribution in [1.29, 1.82) is 0 Å². The summed E-state index contributed by atoms with van der Waals surface area (Å²) in [6, 6.07) is 12.9. The van der Waals surface area contributed by atoms with Crippen LogP contribution in [0.4, 0.5) is 5.69 Å². The number of unbranched alkanes of at least 4 members (excludes halogenated alkanes) is 1. The number of alkyl halides is 1. The molecule has 2 aromatic rings. The molecule has 0 spiro atoms. The minimum absolute atomic E-state index is 0.0236.